The average molecular weight is 450 g/mol. The molecular formula is C9H18N10W. The van der Waals surface area contributed by atoms with Crippen LogP contribution in [0.25, 0.3) is 0 Å². The molecule has 0 rings (SSSR count). The summed E-state index contributed by atoms with van der Waals surface area (Å²) < 4.78 is 0. The molecule has 0 spiro atoms. The molecule has 110 valence electrons. The Balaban J connectivity index is -0.000000277. The normalized spacial score (nSPS) is 12.9. The van der Waals surface area contributed by atoms with E-state index in [0.717, 1.165) is 12.7 Å². The van der Waals surface area contributed by atoms with Crippen LogP contribution in [0, 0.1) is 14.1 Å². The summed E-state index contributed by atoms with van der Waals surface area (Å²) >= 11 is 0. The first-order valence-electron chi connectivity index (χ1n) is 5.07. The van der Waals surface area contributed by atoms with Crippen LogP contribution in [0.1, 0.15) is 20.3 Å². The molecule has 20 heavy (non-hydrogen) atoms. The summed E-state index contributed by atoms with van der Waals surface area (Å²) in [7, 11) is 6.30. The van der Waals surface area contributed by atoms with Gasteiger partial charge < -0.3 is 21.7 Å². The van der Waals surface area contributed by atoms with Crippen LogP contribution >= 0.6 is 0 Å². The fourth-order valence-corrected chi connectivity index (χ4v) is 0.582. The van der Waals surface area contributed by atoms with Crippen molar-refractivity contribution in [2.24, 2.45) is 52.3 Å². The van der Waals surface area contributed by atoms with Gasteiger partial charge in [-0.3, -0.25) is 14.1 Å². The van der Waals surface area contributed by atoms with Crippen LogP contribution in [-0.2, 0) is 21.1 Å². The van der Waals surface area contributed by atoms with Crippen molar-refractivity contribution in [1.29, 1.82) is 0 Å². The van der Waals surface area contributed by atoms with Gasteiger partial charge in [0.05, 0.1) is 0 Å². The average Bonchev–Trinajstić information content (AvgIpc) is 2.42. The van der Waals surface area contributed by atoms with Gasteiger partial charge in [0.2, 0.25) is 0 Å². The van der Waals surface area contributed by atoms with Crippen molar-refractivity contribution in [3.8, 4) is 0 Å². The largest absolute Gasteiger partial charge is 2.00 e. The van der Waals surface area contributed by atoms with E-state index in [4.69, 9.17) is 11.5 Å². The van der Waals surface area contributed by atoms with Crippen LogP contribution in [0.4, 0.5) is 0 Å². The van der Waals surface area contributed by atoms with Crippen molar-refractivity contribution in [3.63, 3.8) is 0 Å². The van der Waals surface area contributed by atoms with Gasteiger partial charge in [0.1, 0.15) is 12.7 Å². The second kappa shape index (κ2) is 19.3. The maximum Gasteiger partial charge on any atom is 2.00 e. The Labute approximate surface area is 132 Å². The first-order valence-corrected chi connectivity index (χ1v) is 5.07. The third-order valence-electron chi connectivity index (χ3n) is 1.23. The van der Waals surface area contributed by atoms with Crippen LogP contribution in [0.3, 0.4) is 0 Å². The molecule has 0 fully saturated rings. The van der Waals surface area contributed by atoms with Crippen LogP contribution in [0.5, 0.6) is 0 Å². The van der Waals surface area contributed by atoms with Gasteiger partial charge in [-0.15, -0.1) is 20.4 Å². The predicted octanol–water partition coefficient (Wildman–Crippen LogP) is 1.49. The summed E-state index contributed by atoms with van der Waals surface area (Å²) in [5, 5.41) is 27.4. The van der Waals surface area contributed by atoms with Gasteiger partial charge in [-0.25, -0.2) is 0 Å². The minimum atomic E-state index is 0. The van der Waals surface area contributed by atoms with E-state index in [9.17, 15) is 0 Å². The molecule has 0 aromatic rings. The zero-order valence-electron chi connectivity index (χ0n) is 11.4. The van der Waals surface area contributed by atoms with Crippen molar-refractivity contribution in [2.45, 2.75) is 20.3 Å². The minimum absolute atomic E-state index is 0. The fraction of sp³-hybridized carbons (Fsp3) is 0.333. The molecule has 11 heteroatoms. The van der Waals surface area contributed by atoms with Gasteiger partial charge in [0.15, 0.2) is 11.7 Å². The van der Waals surface area contributed by atoms with Gasteiger partial charge in [0.25, 0.3) is 0 Å². The van der Waals surface area contributed by atoms with Crippen LogP contribution in [0.15, 0.2) is 40.9 Å². The molecule has 0 unspecified atom stereocenters. The van der Waals surface area contributed by atoms with E-state index < -0.39 is 0 Å². The van der Waals surface area contributed by atoms with Gasteiger partial charge >= 0.3 is 21.1 Å². The van der Waals surface area contributed by atoms with Gasteiger partial charge in [-0.2, -0.15) is 10.2 Å². The second-order valence-corrected chi connectivity index (χ2v) is 2.53. The summed E-state index contributed by atoms with van der Waals surface area (Å²) in [5.74, 6) is 0.934. The zero-order chi connectivity index (χ0) is 14.9. The molecule has 10 nitrogen and oxygen atoms in total. The quantitative estimate of drug-likeness (QED) is 0.220. The maximum atomic E-state index is 4.94. The second-order valence-electron chi connectivity index (χ2n) is 2.53. The molecule has 4 N–H and O–H groups in total. The molecule has 0 aliphatic carbocycles. The summed E-state index contributed by atoms with van der Waals surface area (Å²) in [6, 6.07) is 0. The first kappa shape index (κ1) is 23.0. The molecule has 0 bridgehead atoms. The van der Waals surface area contributed by atoms with Crippen molar-refractivity contribution < 1.29 is 21.1 Å². The Kier molecular flexibility index (Phi) is 22.2. The Bertz CT molecular complexity index is 382. The molecule has 0 aliphatic rings. The Morgan fingerprint density at radius 3 is 1.90 bits per heavy atom. The van der Waals surface area contributed by atoms with E-state index in [2.05, 4.69) is 55.0 Å². The molecule has 0 saturated carbocycles. The molecule has 0 aromatic heterocycles. The van der Waals surface area contributed by atoms with Crippen molar-refractivity contribution in [1.82, 2.24) is 0 Å². The van der Waals surface area contributed by atoms with E-state index in [-0.39, 0.29) is 21.1 Å². The topological polar surface area (TPSA) is 151 Å². The maximum absolute atomic E-state index is 4.94. The number of rotatable bonds is 3. The smallest absolute Gasteiger partial charge is 0.388 e. The molecule has 0 atom stereocenters. The van der Waals surface area contributed by atoms with E-state index in [1.54, 1.807) is 6.92 Å². The molecule has 0 aliphatic heterocycles. The van der Waals surface area contributed by atoms with Gasteiger partial charge in [0, 0.05) is 6.42 Å². The molecule has 0 aromatic carbocycles. The molecule has 0 amide bonds. The summed E-state index contributed by atoms with van der Waals surface area (Å²) in [6.45, 7) is 3.53. The SMILES string of the molecule is [CH2-]N=N/C(C)=N\N=C\N.[CH2-]N=NC(CC)=N/N=C/N.[W+2]. The van der Waals surface area contributed by atoms with Crippen molar-refractivity contribution in [3.05, 3.63) is 14.1 Å². The van der Waals surface area contributed by atoms with Crippen molar-refractivity contribution in [2.75, 3.05) is 0 Å². The van der Waals surface area contributed by atoms with E-state index in [1.807, 2.05) is 6.92 Å². The summed E-state index contributed by atoms with van der Waals surface area (Å²) in [4.78, 5) is 0. The Hall–Kier alpha value is -2.09. The molecule has 0 heterocycles. The van der Waals surface area contributed by atoms with E-state index in [1.165, 1.54) is 0 Å². The number of hydrogen-bond acceptors (Lipinski definition) is 6. The fourth-order valence-electron chi connectivity index (χ4n) is 0.582. The number of hydrogen-bond donors (Lipinski definition) is 2. The van der Waals surface area contributed by atoms with Crippen LogP contribution < -0.4 is 11.5 Å². The number of nitrogens with two attached hydrogens (primary N) is 2. The summed E-state index contributed by atoms with van der Waals surface area (Å²) in [6.07, 6.45) is 2.83. The van der Waals surface area contributed by atoms with Gasteiger partial charge in [-0.1, -0.05) is 6.92 Å². The molecular weight excluding hydrogens is 432 g/mol. The summed E-state index contributed by atoms with van der Waals surface area (Å²) in [5.41, 5.74) is 9.83. The van der Waals surface area contributed by atoms with Crippen LogP contribution in [-0.4, -0.2) is 24.3 Å². The number of nitrogens with zero attached hydrogens (tertiary/aromatic N) is 8. The third-order valence-corrected chi connectivity index (χ3v) is 1.23. The monoisotopic (exact) mass is 450 g/mol. The Morgan fingerprint density at radius 1 is 1.00 bits per heavy atom. The van der Waals surface area contributed by atoms with Crippen LogP contribution in [0.2, 0.25) is 0 Å². The van der Waals surface area contributed by atoms with E-state index >= 15 is 0 Å². The standard InChI is InChI=1S/C5H10N5.C4H8N5.W/c1-3-5(9-7-2)10-8-4-6;1-4(8-6-2)9-7-3-5;/h4H,2-3H2,1H3,(H2,6,8);3H,2H2,1H3,(H2,5,7);/q2*-1;+2/b;8-6?,9-4-;. The Morgan fingerprint density at radius 2 is 1.50 bits per heavy atom. The molecule has 0 radical (unpaired) electrons. The van der Waals surface area contributed by atoms with E-state index in [0.29, 0.717) is 18.1 Å². The third kappa shape index (κ3) is 18.3. The number of amidine groups is 2. The van der Waals surface area contributed by atoms with Crippen molar-refractivity contribution >= 4 is 24.3 Å². The zero-order valence-corrected chi connectivity index (χ0v) is 14.4. The van der Waals surface area contributed by atoms with Gasteiger partial charge in [-0.05, 0) is 6.92 Å². The predicted molar refractivity (Wildman–Crippen MR) is 76.6 cm³/mol. The molecule has 0 saturated heterocycles. The first-order chi connectivity index (χ1) is 9.15. The number of azo groups is 2. The minimum Gasteiger partial charge on any atom is -0.388 e.